The largest absolute Gasteiger partial charge is 0.435 e. The second-order valence-electron chi connectivity index (χ2n) is 7.07. The summed E-state index contributed by atoms with van der Waals surface area (Å²) in [4.78, 5) is 26.9. The van der Waals surface area contributed by atoms with E-state index in [1.165, 1.54) is 17.8 Å². The summed E-state index contributed by atoms with van der Waals surface area (Å²) in [7, 11) is 1.62. The van der Waals surface area contributed by atoms with E-state index in [9.17, 15) is 22.8 Å². The number of hydrogen-bond acceptors (Lipinski definition) is 4. The minimum Gasteiger partial charge on any atom is -0.337 e. The van der Waals surface area contributed by atoms with Crippen molar-refractivity contribution in [1.29, 1.82) is 0 Å². The van der Waals surface area contributed by atoms with Crippen molar-refractivity contribution in [1.82, 2.24) is 24.5 Å². The van der Waals surface area contributed by atoms with Crippen LogP contribution in [0.25, 0.3) is 0 Å². The van der Waals surface area contributed by atoms with Crippen LogP contribution in [-0.2, 0) is 24.6 Å². The SMILES string of the molecule is Cc1cc(C(F)(F)F)nn1CCC(=O)Nc1cnn(C)c1C(=O)N1CCCCC1. The summed E-state index contributed by atoms with van der Waals surface area (Å²) in [6.45, 7) is 2.81. The summed E-state index contributed by atoms with van der Waals surface area (Å²) in [5, 5.41) is 10.2. The summed E-state index contributed by atoms with van der Waals surface area (Å²) in [5.74, 6) is -0.633. The Morgan fingerprint density at radius 1 is 1.21 bits per heavy atom. The minimum atomic E-state index is -4.53. The van der Waals surface area contributed by atoms with E-state index in [2.05, 4.69) is 15.5 Å². The van der Waals surface area contributed by atoms with Crippen LogP contribution < -0.4 is 5.32 Å². The van der Waals surface area contributed by atoms with Crippen LogP contribution >= 0.6 is 0 Å². The number of anilines is 1. The number of aromatic nitrogens is 4. The van der Waals surface area contributed by atoms with Gasteiger partial charge in [0.15, 0.2) is 5.69 Å². The van der Waals surface area contributed by atoms with Crippen LogP contribution in [0.5, 0.6) is 0 Å². The first kappa shape index (κ1) is 20.9. The number of nitrogens with zero attached hydrogens (tertiary/aromatic N) is 5. The van der Waals surface area contributed by atoms with E-state index in [4.69, 9.17) is 0 Å². The first-order valence-corrected chi connectivity index (χ1v) is 9.39. The average Bonchev–Trinajstić information content (AvgIpc) is 3.22. The van der Waals surface area contributed by atoms with Gasteiger partial charge >= 0.3 is 6.18 Å². The van der Waals surface area contributed by atoms with Crippen LogP contribution in [0.3, 0.4) is 0 Å². The molecule has 0 unspecified atom stereocenters. The lowest BCUT2D eigenvalue weighted by Gasteiger charge is -2.27. The van der Waals surface area contributed by atoms with Gasteiger partial charge in [-0.05, 0) is 32.3 Å². The zero-order chi connectivity index (χ0) is 21.2. The Hall–Kier alpha value is -2.85. The van der Waals surface area contributed by atoms with E-state index in [-0.39, 0.29) is 24.6 Å². The number of rotatable bonds is 5. The lowest BCUT2D eigenvalue weighted by atomic mass is 10.1. The third-order valence-corrected chi connectivity index (χ3v) is 4.88. The molecule has 8 nitrogen and oxygen atoms in total. The predicted octanol–water partition coefficient (Wildman–Crippen LogP) is 2.60. The van der Waals surface area contributed by atoms with Crippen molar-refractivity contribution in [3.63, 3.8) is 0 Å². The molecule has 2 aromatic heterocycles. The van der Waals surface area contributed by atoms with Gasteiger partial charge in [0.25, 0.3) is 5.91 Å². The fraction of sp³-hybridized carbons (Fsp3) is 0.556. The number of hydrogen-bond donors (Lipinski definition) is 1. The van der Waals surface area contributed by atoms with Gasteiger partial charge in [-0.3, -0.25) is 19.0 Å². The standard InChI is InChI=1S/C18H23F3N6O2/c1-12-10-14(18(19,20)21)24-27(12)9-6-15(28)23-13-11-22-25(2)16(13)17(29)26-7-4-3-5-8-26/h10-11H,3-9H2,1-2H3,(H,23,28). The van der Waals surface area contributed by atoms with Crippen LogP contribution in [0.2, 0.25) is 0 Å². The van der Waals surface area contributed by atoms with Crippen molar-refractivity contribution in [2.24, 2.45) is 7.05 Å². The molecule has 2 aromatic rings. The highest BCUT2D eigenvalue weighted by Crippen LogP contribution is 2.28. The molecule has 1 fully saturated rings. The van der Waals surface area contributed by atoms with Gasteiger partial charge in [0.2, 0.25) is 5.91 Å². The highest BCUT2D eigenvalue weighted by atomic mass is 19.4. The minimum absolute atomic E-state index is 0.0105. The van der Waals surface area contributed by atoms with Gasteiger partial charge in [-0.15, -0.1) is 0 Å². The molecule has 0 atom stereocenters. The summed E-state index contributed by atoms with van der Waals surface area (Å²) in [6, 6.07) is 0.939. The summed E-state index contributed by atoms with van der Waals surface area (Å²) in [6.07, 6.45) is -0.260. The maximum absolute atomic E-state index is 12.8. The lowest BCUT2D eigenvalue weighted by molar-refractivity contribution is -0.141. The molecule has 1 saturated heterocycles. The van der Waals surface area contributed by atoms with E-state index in [1.54, 1.807) is 11.9 Å². The molecule has 1 aliphatic rings. The molecule has 0 spiro atoms. The Morgan fingerprint density at radius 2 is 1.90 bits per heavy atom. The van der Waals surface area contributed by atoms with Gasteiger partial charge in [-0.2, -0.15) is 23.4 Å². The second-order valence-corrected chi connectivity index (χ2v) is 7.07. The molecule has 0 aromatic carbocycles. The summed E-state index contributed by atoms with van der Waals surface area (Å²) < 4.78 is 40.8. The zero-order valence-electron chi connectivity index (χ0n) is 16.3. The monoisotopic (exact) mass is 412 g/mol. The first-order chi connectivity index (χ1) is 13.7. The van der Waals surface area contributed by atoms with Gasteiger partial charge in [0.1, 0.15) is 5.69 Å². The number of nitrogens with one attached hydrogen (secondary N) is 1. The maximum atomic E-state index is 12.8. The topological polar surface area (TPSA) is 85.0 Å². The van der Waals surface area contributed by atoms with Gasteiger partial charge in [0, 0.05) is 38.8 Å². The average molecular weight is 412 g/mol. The number of likely N-dealkylation sites (tertiary alicyclic amines) is 1. The number of carbonyl (C=O) groups is 2. The van der Waals surface area contributed by atoms with Crippen LogP contribution in [0.15, 0.2) is 12.3 Å². The third-order valence-electron chi connectivity index (χ3n) is 4.88. The molecule has 0 bridgehead atoms. The van der Waals surface area contributed by atoms with Gasteiger partial charge in [0.05, 0.1) is 11.9 Å². The Kier molecular flexibility index (Phi) is 5.94. The van der Waals surface area contributed by atoms with Gasteiger partial charge in [-0.1, -0.05) is 0 Å². The van der Waals surface area contributed by atoms with Crippen molar-refractivity contribution in [3.05, 3.63) is 29.3 Å². The van der Waals surface area contributed by atoms with E-state index in [0.29, 0.717) is 24.5 Å². The molecule has 158 valence electrons. The molecule has 11 heteroatoms. The van der Waals surface area contributed by atoms with Crippen molar-refractivity contribution in [3.8, 4) is 0 Å². The number of aryl methyl sites for hydroxylation is 3. The Labute approximate surface area is 165 Å². The highest BCUT2D eigenvalue weighted by molar-refractivity contribution is 6.02. The van der Waals surface area contributed by atoms with Crippen molar-refractivity contribution in [2.75, 3.05) is 18.4 Å². The summed E-state index contributed by atoms with van der Waals surface area (Å²) in [5.41, 5.74) is -0.0966. The molecule has 0 aliphatic carbocycles. The van der Waals surface area contributed by atoms with Crippen molar-refractivity contribution < 1.29 is 22.8 Å². The molecule has 29 heavy (non-hydrogen) atoms. The first-order valence-electron chi connectivity index (χ1n) is 9.39. The lowest BCUT2D eigenvalue weighted by Crippen LogP contribution is -2.37. The fourth-order valence-electron chi connectivity index (χ4n) is 3.32. The van der Waals surface area contributed by atoms with Gasteiger partial charge in [-0.25, -0.2) is 0 Å². The van der Waals surface area contributed by atoms with Crippen molar-refractivity contribution >= 4 is 17.5 Å². The fourth-order valence-corrected chi connectivity index (χ4v) is 3.32. The zero-order valence-corrected chi connectivity index (χ0v) is 16.3. The van der Waals surface area contributed by atoms with Crippen molar-refractivity contribution in [2.45, 2.75) is 45.3 Å². The van der Waals surface area contributed by atoms with Crippen LogP contribution in [0, 0.1) is 6.92 Å². The van der Waals surface area contributed by atoms with E-state index in [1.807, 2.05) is 0 Å². The molecule has 2 amide bonds. The predicted molar refractivity (Wildman–Crippen MR) is 98.2 cm³/mol. The number of amides is 2. The molecular formula is C18H23F3N6O2. The normalized spacial score (nSPS) is 14.9. The van der Waals surface area contributed by atoms with E-state index in [0.717, 1.165) is 30.0 Å². The Morgan fingerprint density at radius 3 is 2.52 bits per heavy atom. The number of carbonyl (C=O) groups excluding carboxylic acids is 2. The molecule has 0 saturated carbocycles. The quantitative estimate of drug-likeness (QED) is 0.818. The van der Waals surface area contributed by atoms with Crippen LogP contribution in [0.4, 0.5) is 18.9 Å². The number of piperidine rings is 1. The molecule has 1 N–H and O–H groups in total. The molecule has 0 radical (unpaired) electrons. The summed E-state index contributed by atoms with van der Waals surface area (Å²) >= 11 is 0. The molecule has 3 rings (SSSR count). The van der Waals surface area contributed by atoms with Crippen LogP contribution in [0.1, 0.15) is 47.6 Å². The molecule has 1 aliphatic heterocycles. The number of alkyl halides is 3. The van der Waals surface area contributed by atoms with E-state index < -0.39 is 17.8 Å². The smallest absolute Gasteiger partial charge is 0.337 e. The van der Waals surface area contributed by atoms with Gasteiger partial charge < -0.3 is 10.2 Å². The third kappa shape index (κ3) is 4.77. The second kappa shape index (κ2) is 8.26. The molecule has 3 heterocycles. The Balaban J connectivity index is 1.64. The van der Waals surface area contributed by atoms with Crippen LogP contribution in [-0.4, -0.2) is 49.4 Å². The maximum Gasteiger partial charge on any atom is 0.435 e. The highest BCUT2D eigenvalue weighted by Gasteiger charge is 2.34. The molecular weight excluding hydrogens is 389 g/mol. The van der Waals surface area contributed by atoms with E-state index >= 15 is 0 Å². The Bertz CT molecular complexity index is 896. The number of halogens is 3.